The lowest BCUT2D eigenvalue weighted by molar-refractivity contribution is 0.597. The second-order valence-corrected chi connectivity index (χ2v) is 5.29. The average molecular weight is 233 g/mol. The van der Waals surface area contributed by atoms with Crippen molar-refractivity contribution >= 4 is 0 Å². The Morgan fingerprint density at radius 3 is 1.65 bits per heavy atom. The van der Waals surface area contributed by atoms with Crippen LogP contribution in [0.2, 0.25) is 0 Å². The SMILES string of the molecule is CCCCC(N)c1c(C)c(C)c(C)c(C)c1C. The first-order valence-corrected chi connectivity index (χ1v) is 6.74. The van der Waals surface area contributed by atoms with Gasteiger partial charge in [-0.3, -0.25) is 0 Å². The van der Waals surface area contributed by atoms with Crippen LogP contribution < -0.4 is 5.73 Å². The first-order valence-electron chi connectivity index (χ1n) is 6.74. The summed E-state index contributed by atoms with van der Waals surface area (Å²) >= 11 is 0. The number of benzene rings is 1. The van der Waals surface area contributed by atoms with Gasteiger partial charge in [-0.25, -0.2) is 0 Å². The van der Waals surface area contributed by atoms with Gasteiger partial charge in [0, 0.05) is 6.04 Å². The molecule has 2 N–H and O–H groups in total. The zero-order valence-electron chi connectivity index (χ0n) is 12.3. The molecule has 1 aromatic rings. The highest BCUT2D eigenvalue weighted by molar-refractivity contribution is 5.50. The van der Waals surface area contributed by atoms with Gasteiger partial charge in [-0.1, -0.05) is 19.8 Å². The van der Waals surface area contributed by atoms with Crippen LogP contribution in [0.4, 0.5) is 0 Å². The molecule has 0 amide bonds. The molecule has 1 nitrogen and oxygen atoms in total. The predicted molar refractivity (Wildman–Crippen MR) is 76.6 cm³/mol. The molecule has 1 rings (SSSR count). The molecule has 0 aromatic heterocycles. The quantitative estimate of drug-likeness (QED) is 0.818. The summed E-state index contributed by atoms with van der Waals surface area (Å²) in [7, 11) is 0. The van der Waals surface area contributed by atoms with Gasteiger partial charge in [0.2, 0.25) is 0 Å². The molecule has 0 spiro atoms. The Kier molecular flexibility index (Phi) is 4.76. The predicted octanol–water partition coefficient (Wildman–Crippen LogP) is 4.42. The summed E-state index contributed by atoms with van der Waals surface area (Å²) in [6.45, 7) is 13.3. The van der Waals surface area contributed by atoms with Gasteiger partial charge in [-0.05, 0) is 74.4 Å². The smallest absolute Gasteiger partial charge is 0.0300 e. The van der Waals surface area contributed by atoms with Crippen molar-refractivity contribution in [2.75, 3.05) is 0 Å². The number of hydrogen-bond acceptors (Lipinski definition) is 1. The molecule has 0 aliphatic carbocycles. The third-order valence-electron chi connectivity index (χ3n) is 4.30. The number of rotatable bonds is 4. The molecule has 1 aromatic carbocycles. The molecule has 0 bridgehead atoms. The summed E-state index contributed by atoms with van der Waals surface area (Å²) in [5.74, 6) is 0. The van der Waals surface area contributed by atoms with Gasteiger partial charge in [0.15, 0.2) is 0 Å². The van der Waals surface area contributed by atoms with Crippen molar-refractivity contribution in [2.45, 2.75) is 66.8 Å². The first-order chi connectivity index (χ1) is 7.91. The van der Waals surface area contributed by atoms with Gasteiger partial charge in [-0.2, -0.15) is 0 Å². The minimum absolute atomic E-state index is 0.202. The largest absolute Gasteiger partial charge is 0.324 e. The number of hydrogen-bond donors (Lipinski definition) is 1. The van der Waals surface area contributed by atoms with Gasteiger partial charge < -0.3 is 5.73 Å². The topological polar surface area (TPSA) is 26.0 Å². The molecule has 17 heavy (non-hydrogen) atoms. The summed E-state index contributed by atoms with van der Waals surface area (Å²) in [5.41, 5.74) is 14.8. The molecular formula is C16H27N. The van der Waals surface area contributed by atoms with Crippen molar-refractivity contribution in [1.82, 2.24) is 0 Å². The summed E-state index contributed by atoms with van der Waals surface area (Å²) in [6.07, 6.45) is 3.53. The highest BCUT2D eigenvalue weighted by atomic mass is 14.6. The van der Waals surface area contributed by atoms with E-state index in [-0.39, 0.29) is 6.04 Å². The lowest BCUT2D eigenvalue weighted by Crippen LogP contribution is -2.15. The molecule has 1 atom stereocenters. The molecule has 0 fully saturated rings. The first kappa shape index (κ1) is 14.2. The fourth-order valence-corrected chi connectivity index (χ4v) is 2.65. The van der Waals surface area contributed by atoms with Gasteiger partial charge in [-0.15, -0.1) is 0 Å². The second kappa shape index (κ2) is 5.68. The van der Waals surface area contributed by atoms with E-state index in [1.54, 1.807) is 0 Å². The van der Waals surface area contributed by atoms with Crippen molar-refractivity contribution in [3.63, 3.8) is 0 Å². The van der Waals surface area contributed by atoms with Gasteiger partial charge in [0.1, 0.15) is 0 Å². The van der Waals surface area contributed by atoms with Crippen molar-refractivity contribution in [1.29, 1.82) is 0 Å². The van der Waals surface area contributed by atoms with Crippen molar-refractivity contribution in [3.8, 4) is 0 Å². The van der Waals surface area contributed by atoms with Gasteiger partial charge in [0.05, 0.1) is 0 Å². The zero-order chi connectivity index (χ0) is 13.2. The molecule has 0 aliphatic heterocycles. The summed E-state index contributed by atoms with van der Waals surface area (Å²) in [5, 5.41) is 0. The maximum absolute atomic E-state index is 6.37. The van der Waals surface area contributed by atoms with E-state index in [2.05, 4.69) is 41.5 Å². The fraction of sp³-hybridized carbons (Fsp3) is 0.625. The van der Waals surface area contributed by atoms with Crippen LogP contribution in [0, 0.1) is 34.6 Å². The highest BCUT2D eigenvalue weighted by Crippen LogP contribution is 2.31. The van der Waals surface area contributed by atoms with Crippen LogP contribution in [-0.2, 0) is 0 Å². The van der Waals surface area contributed by atoms with Gasteiger partial charge in [0.25, 0.3) is 0 Å². The zero-order valence-corrected chi connectivity index (χ0v) is 12.3. The molecule has 1 heteroatoms. The lowest BCUT2D eigenvalue weighted by Gasteiger charge is -2.23. The Morgan fingerprint density at radius 2 is 1.24 bits per heavy atom. The lowest BCUT2D eigenvalue weighted by atomic mass is 9.85. The Labute approximate surface area is 106 Å². The maximum Gasteiger partial charge on any atom is 0.0300 e. The third kappa shape index (κ3) is 2.71. The van der Waals surface area contributed by atoms with Crippen LogP contribution in [0.1, 0.15) is 65.6 Å². The fourth-order valence-electron chi connectivity index (χ4n) is 2.65. The van der Waals surface area contributed by atoms with E-state index < -0.39 is 0 Å². The van der Waals surface area contributed by atoms with E-state index in [0.29, 0.717) is 0 Å². The van der Waals surface area contributed by atoms with Crippen molar-refractivity contribution < 1.29 is 0 Å². The molecule has 0 saturated carbocycles. The van der Waals surface area contributed by atoms with Gasteiger partial charge >= 0.3 is 0 Å². The molecular weight excluding hydrogens is 206 g/mol. The molecule has 0 saturated heterocycles. The summed E-state index contributed by atoms with van der Waals surface area (Å²) in [6, 6.07) is 0.202. The standard InChI is InChI=1S/C16H27N/c1-7-8-9-15(17)16-13(5)11(3)10(2)12(4)14(16)6/h15H,7-9,17H2,1-6H3. The molecule has 1 unspecified atom stereocenters. The Hall–Kier alpha value is -0.820. The minimum Gasteiger partial charge on any atom is -0.324 e. The molecule has 0 radical (unpaired) electrons. The number of unbranched alkanes of at least 4 members (excludes halogenated alkanes) is 1. The summed E-state index contributed by atoms with van der Waals surface area (Å²) in [4.78, 5) is 0. The van der Waals surface area contributed by atoms with E-state index in [1.165, 1.54) is 46.2 Å². The van der Waals surface area contributed by atoms with Crippen LogP contribution in [0.15, 0.2) is 0 Å². The molecule has 0 aliphatic rings. The Bertz CT molecular complexity index is 375. The second-order valence-electron chi connectivity index (χ2n) is 5.29. The van der Waals surface area contributed by atoms with Crippen molar-refractivity contribution in [3.05, 3.63) is 33.4 Å². The highest BCUT2D eigenvalue weighted by Gasteiger charge is 2.16. The normalized spacial score (nSPS) is 12.9. The average Bonchev–Trinajstić information content (AvgIpc) is 2.31. The monoisotopic (exact) mass is 233 g/mol. The molecule has 0 heterocycles. The Morgan fingerprint density at radius 1 is 0.824 bits per heavy atom. The van der Waals surface area contributed by atoms with Crippen LogP contribution in [-0.4, -0.2) is 0 Å². The summed E-state index contributed by atoms with van der Waals surface area (Å²) < 4.78 is 0. The van der Waals surface area contributed by atoms with Crippen LogP contribution in [0.25, 0.3) is 0 Å². The van der Waals surface area contributed by atoms with E-state index >= 15 is 0 Å². The van der Waals surface area contributed by atoms with Crippen LogP contribution >= 0.6 is 0 Å². The van der Waals surface area contributed by atoms with Crippen LogP contribution in [0.5, 0.6) is 0 Å². The maximum atomic E-state index is 6.37. The number of nitrogens with two attached hydrogens (primary N) is 1. The van der Waals surface area contributed by atoms with E-state index in [0.717, 1.165) is 6.42 Å². The Balaban J connectivity index is 3.24. The van der Waals surface area contributed by atoms with E-state index in [4.69, 9.17) is 5.73 Å². The van der Waals surface area contributed by atoms with E-state index in [9.17, 15) is 0 Å². The third-order valence-corrected chi connectivity index (χ3v) is 4.30. The minimum atomic E-state index is 0.202. The molecule has 96 valence electrons. The van der Waals surface area contributed by atoms with E-state index in [1.807, 2.05) is 0 Å². The van der Waals surface area contributed by atoms with Crippen molar-refractivity contribution in [2.24, 2.45) is 5.73 Å². The van der Waals surface area contributed by atoms with Crippen LogP contribution in [0.3, 0.4) is 0 Å².